The molecule has 2 rings (SSSR count). The van der Waals surface area contributed by atoms with Crippen LogP contribution in [-0.2, 0) is 0 Å². The molecule has 0 saturated carbocycles. The van der Waals surface area contributed by atoms with Crippen molar-refractivity contribution in [3.63, 3.8) is 0 Å². The highest BCUT2D eigenvalue weighted by molar-refractivity contribution is 5.35. The molecule has 1 aliphatic heterocycles. The van der Waals surface area contributed by atoms with Crippen LogP contribution in [0.15, 0.2) is 35.6 Å². The molecule has 1 nitrogen and oxygen atoms in total. The Labute approximate surface area is 115 Å². The molecule has 18 heavy (non-hydrogen) atoms. The summed E-state index contributed by atoms with van der Waals surface area (Å²) in [5, 5.41) is 3.50. The van der Waals surface area contributed by atoms with E-state index < -0.39 is 0 Å². The van der Waals surface area contributed by atoms with Crippen LogP contribution < -0.4 is 5.32 Å². The molecule has 0 aromatic heterocycles. The first-order chi connectivity index (χ1) is 8.86. The lowest BCUT2D eigenvalue weighted by molar-refractivity contribution is 0.578. The number of nitrogens with one attached hydrogen (secondary N) is 1. The first kappa shape index (κ1) is 19.4. The number of allylic oxidation sites excluding steroid dienone is 4. The third-order valence-corrected chi connectivity index (χ3v) is 2.50. The van der Waals surface area contributed by atoms with E-state index in [9.17, 15) is 0 Å². The van der Waals surface area contributed by atoms with Gasteiger partial charge in [-0.2, -0.15) is 0 Å². The van der Waals surface area contributed by atoms with Crippen molar-refractivity contribution in [2.45, 2.75) is 73.8 Å². The van der Waals surface area contributed by atoms with Gasteiger partial charge in [-0.3, -0.25) is 0 Å². The summed E-state index contributed by atoms with van der Waals surface area (Å²) in [5.41, 5.74) is 2.73. The van der Waals surface area contributed by atoms with E-state index in [4.69, 9.17) is 0 Å². The molecule has 1 N–H and O–H groups in total. The Kier molecular flexibility index (Phi) is 15.1. The minimum absolute atomic E-state index is 0.578. The van der Waals surface area contributed by atoms with E-state index in [1.54, 1.807) is 0 Å². The molecule has 0 spiro atoms. The van der Waals surface area contributed by atoms with Gasteiger partial charge in [-0.05, 0) is 37.8 Å². The Bertz CT molecular complexity index is 259. The summed E-state index contributed by atoms with van der Waals surface area (Å²) in [6.45, 7) is 14.1. The van der Waals surface area contributed by atoms with E-state index in [0.29, 0.717) is 6.04 Å². The normalized spacial score (nSPS) is 19.6. The van der Waals surface area contributed by atoms with Gasteiger partial charge in [0.1, 0.15) is 0 Å². The van der Waals surface area contributed by atoms with Gasteiger partial charge in [-0.1, -0.05) is 59.8 Å². The van der Waals surface area contributed by atoms with Crippen LogP contribution in [0.25, 0.3) is 0 Å². The molecule has 0 amide bonds. The highest BCUT2D eigenvalue weighted by atomic mass is 14.9. The van der Waals surface area contributed by atoms with Crippen molar-refractivity contribution >= 4 is 0 Å². The lowest BCUT2D eigenvalue weighted by Crippen LogP contribution is -2.30. The standard InChI is InChI=1S/C11H15N.3C2H6/c1-9-7-8-10-5-3-2-4-6-11(10)12-9;3*1-2/h3,5,7-8,11-12H,2,4,6H2,1H3;3*1-2H3. The predicted molar refractivity (Wildman–Crippen MR) is 85.8 cm³/mol. The van der Waals surface area contributed by atoms with E-state index in [1.807, 2.05) is 41.5 Å². The van der Waals surface area contributed by atoms with Gasteiger partial charge in [0.15, 0.2) is 0 Å². The number of hydrogen-bond acceptors (Lipinski definition) is 1. The van der Waals surface area contributed by atoms with E-state index in [1.165, 1.54) is 30.5 Å². The van der Waals surface area contributed by atoms with Crippen LogP contribution in [0.4, 0.5) is 0 Å². The maximum absolute atomic E-state index is 3.50. The Morgan fingerprint density at radius 3 is 2.22 bits per heavy atom. The minimum atomic E-state index is 0.578. The third-order valence-electron chi connectivity index (χ3n) is 2.50. The smallest absolute Gasteiger partial charge is 0.0510 e. The first-order valence-corrected chi connectivity index (χ1v) is 7.68. The number of rotatable bonds is 0. The molecule has 0 saturated heterocycles. The van der Waals surface area contributed by atoms with Crippen LogP contribution in [0, 0.1) is 0 Å². The molecular weight excluding hydrogens is 218 g/mol. The van der Waals surface area contributed by atoms with Crippen molar-refractivity contribution in [2.24, 2.45) is 0 Å². The second-order valence-electron chi connectivity index (χ2n) is 3.55. The molecule has 1 aliphatic carbocycles. The zero-order chi connectivity index (χ0) is 14.4. The average molecular weight is 251 g/mol. The number of hydrogen-bond donors (Lipinski definition) is 1. The van der Waals surface area contributed by atoms with Gasteiger partial charge in [0.2, 0.25) is 0 Å². The van der Waals surface area contributed by atoms with E-state index in [2.05, 4.69) is 36.5 Å². The Morgan fingerprint density at radius 2 is 1.61 bits per heavy atom. The molecule has 0 radical (unpaired) electrons. The number of fused-ring (bicyclic) bond motifs is 1. The second kappa shape index (κ2) is 14.1. The molecule has 1 atom stereocenters. The Morgan fingerprint density at radius 1 is 1.00 bits per heavy atom. The van der Waals surface area contributed by atoms with E-state index in [-0.39, 0.29) is 0 Å². The van der Waals surface area contributed by atoms with Crippen LogP contribution in [0.1, 0.15) is 67.7 Å². The fourth-order valence-corrected chi connectivity index (χ4v) is 1.81. The number of dihydropyridines is 1. The van der Waals surface area contributed by atoms with Crippen molar-refractivity contribution < 1.29 is 0 Å². The fourth-order valence-electron chi connectivity index (χ4n) is 1.81. The highest BCUT2D eigenvalue weighted by Gasteiger charge is 2.15. The molecule has 0 aromatic carbocycles. The Balaban J connectivity index is 0. The molecule has 1 unspecified atom stereocenters. The van der Waals surface area contributed by atoms with Crippen molar-refractivity contribution in [1.29, 1.82) is 0 Å². The van der Waals surface area contributed by atoms with Gasteiger partial charge in [0.25, 0.3) is 0 Å². The Hall–Kier alpha value is -0.980. The molecule has 1 heteroatoms. The summed E-state index contributed by atoms with van der Waals surface area (Å²) < 4.78 is 0. The van der Waals surface area contributed by atoms with Gasteiger partial charge < -0.3 is 5.32 Å². The first-order valence-electron chi connectivity index (χ1n) is 7.68. The van der Waals surface area contributed by atoms with E-state index >= 15 is 0 Å². The monoisotopic (exact) mass is 251 g/mol. The summed E-state index contributed by atoms with van der Waals surface area (Å²) in [5.74, 6) is 0. The van der Waals surface area contributed by atoms with Gasteiger partial charge in [-0.25, -0.2) is 0 Å². The van der Waals surface area contributed by atoms with Gasteiger partial charge >= 0.3 is 0 Å². The maximum atomic E-state index is 3.50. The molecule has 2 aliphatic rings. The molecule has 0 aromatic rings. The molecule has 1 heterocycles. The van der Waals surface area contributed by atoms with Crippen LogP contribution in [0.5, 0.6) is 0 Å². The average Bonchev–Trinajstić information content (AvgIpc) is 2.70. The quantitative estimate of drug-likeness (QED) is 0.590. The molecular formula is C17H33N. The zero-order valence-electron chi connectivity index (χ0n) is 13.5. The topological polar surface area (TPSA) is 12.0 Å². The van der Waals surface area contributed by atoms with Crippen LogP contribution >= 0.6 is 0 Å². The SMILES string of the molecule is CC.CC.CC.CC1=CC=C2C=CCCCC2N1. The lowest BCUT2D eigenvalue weighted by Gasteiger charge is -2.23. The largest absolute Gasteiger partial charge is 0.382 e. The van der Waals surface area contributed by atoms with Crippen LogP contribution in [-0.4, -0.2) is 6.04 Å². The second-order valence-corrected chi connectivity index (χ2v) is 3.55. The minimum Gasteiger partial charge on any atom is -0.382 e. The van der Waals surface area contributed by atoms with Crippen LogP contribution in [0.2, 0.25) is 0 Å². The third kappa shape index (κ3) is 7.37. The van der Waals surface area contributed by atoms with E-state index in [0.717, 1.165) is 0 Å². The lowest BCUT2D eigenvalue weighted by atomic mass is 10.0. The highest BCUT2D eigenvalue weighted by Crippen LogP contribution is 2.20. The molecule has 0 bridgehead atoms. The van der Waals surface area contributed by atoms with Gasteiger partial charge in [-0.15, -0.1) is 0 Å². The molecule has 106 valence electrons. The van der Waals surface area contributed by atoms with Gasteiger partial charge in [0, 0.05) is 5.70 Å². The summed E-state index contributed by atoms with van der Waals surface area (Å²) in [4.78, 5) is 0. The van der Waals surface area contributed by atoms with Crippen molar-refractivity contribution in [3.8, 4) is 0 Å². The summed E-state index contributed by atoms with van der Waals surface area (Å²) in [7, 11) is 0. The zero-order valence-corrected chi connectivity index (χ0v) is 13.5. The maximum Gasteiger partial charge on any atom is 0.0510 e. The van der Waals surface area contributed by atoms with Crippen molar-refractivity contribution in [3.05, 3.63) is 35.6 Å². The van der Waals surface area contributed by atoms with Crippen molar-refractivity contribution in [1.82, 2.24) is 5.32 Å². The van der Waals surface area contributed by atoms with Gasteiger partial charge in [0.05, 0.1) is 6.04 Å². The predicted octanol–water partition coefficient (Wildman–Crippen LogP) is 5.61. The summed E-state index contributed by atoms with van der Waals surface area (Å²) in [6.07, 6.45) is 12.7. The van der Waals surface area contributed by atoms with Crippen LogP contribution in [0.3, 0.4) is 0 Å². The summed E-state index contributed by atoms with van der Waals surface area (Å²) >= 11 is 0. The summed E-state index contributed by atoms with van der Waals surface area (Å²) in [6, 6.07) is 0.578. The van der Waals surface area contributed by atoms with Crippen molar-refractivity contribution in [2.75, 3.05) is 0 Å². The fraction of sp³-hybridized carbons (Fsp3) is 0.647. The molecule has 0 fully saturated rings.